The first kappa shape index (κ1) is 15.6. The number of carbonyl (C=O) groups excluding carboxylic acids is 1. The zero-order valence-corrected chi connectivity index (χ0v) is 13.1. The van der Waals surface area contributed by atoms with Gasteiger partial charge >= 0.3 is 6.03 Å². The van der Waals surface area contributed by atoms with Gasteiger partial charge in [-0.2, -0.15) is 5.10 Å². The molecule has 0 aliphatic carbocycles. The second kappa shape index (κ2) is 7.82. The number of piperidine rings is 1. The fourth-order valence-electron chi connectivity index (χ4n) is 2.93. The minimum atomic E-state index is -0.187. The normalized spacial score (nSPS) is 16.9. The van der Waals surface area contributed by atoms with E-state index < -0.39 is 0 Å². The van der Waals surface area contributed by atoms with E-state index in [1.54, 1.807) is 12.5 Å². The molecule has 2 amide bonds. The maximum atomic E-state index is 12.0. The lowest BCUT2D eigenvalue weighted by atomic mass is 10.1. The van der Waals surface area contributed by atoms with Gasteiger partial charge < -0.3 is 15.1 Å². The summed E-state index contributed by atoms with van der Waals surface area (Å²) in [5.41, 5.74) is 0.874. The maximum Gasteiger partial charge on any atom is 0.315 e. The van der Waals surface area contributed by atoms with Crippen molar-refractivity contribution in [2.24, 2.45) is 0 Å². The highest BCUT2D eigenvalue weighted by Gasteiger charge is 2.24. The zero-order chi connectivity index (χ0) is 15.9. The van der Waals surface area contributed by atoms with Crippen LogP contribution in [-0.2, 0) is 6.54 Å². The van der Waals surface area contributed by atoms with Crippen LogP contribution in [0.1, 0.15) is 36.8 Å². The Hall–Kier alpha value is -2.28. The second-order valence-corrected chi connectivity index (χ2v) is 5.77. The van der Waals surface area contributed by atoms with Crippen LogP contribution in [0.3, 0.4) is 0 Å². The minimum absolute atomic E-state index is 0.0863. The van der Waals surface area contributed by atoms with E-state index >= 15 is 0 Å². The summed E-state index contributed by atoms with van der Waals surface area (Å²) in [7, 11) is 0. The number of nitrogens with one attached hydrogen (secondary N) is 3. The number of aromatic nitrogens is 2. The van der Waals surface area contributed by atoms with Gasteiger partial charge in [-0.3, -0.25) is 10.00 Å². The molecule has 3 heterocycles. The summed E-state index contributed by atoms with van der Waals surface area (Å²) in [6.45, 7) is 3.05. The summed E-state index contributed by atoms with van der Waals surface area (Å²) < 4.78 is 5.57. The molecule has 1 saturated heterocycles. The number of furan rings is 1. The molecule has 23 heavy (non-hydrogen) atoms. The Morgan fingerprint density at radius 2 is 2.17 bits per heavy atom. The number of hydrogen-bond donors (Lipinski definition) is 3. The molecule has 0 saturated carbocycles. The average Bonchev–Trinajstić information content (AvgIpc) is 3.28. The fraction of sp³-hybridized carbons (Fsp3) is 0.500. The van der Waals surface area contributed by atoms with Gasteiger partial charge in [-0.25, -0.2) is 4.79 Å². The van der Waals surface area contributed by atoms with Crippen LogP contribution < -0.4 is 10.6 Å². The molecule has 2 aromatic heterocycles. The molecule has 3 N–H and O–H groups in total. The van der Waals surface area contributed by atoms with Gasteiger partial charge in [0.2, 0.25) is 0 Å². The van der Waals surface area contributed by atoms with Crippen LogP contribution in [0.2, 0.25) is 0 Å². The van der Waals surface area contributed by atoms with Crippen molar-refractivity contribution in [1.29, 1.82) is 0 Å². The van der Waals surface area contributed by atoms with Crippen LogP contribution >= 0.6 is 0 Å². The van der Waals surface area contributed by atoms with Crippen molar-refractivity contribution in [3.63, 3.8) is 0 Å². The van der Waals surface area contributed by atoms with Crippen molar-refractivity contribution in [3.05, 3.63) is 42.1 Å². The third kappa shape index (κ3) is 4.35. The lowest BCUT2D eigenvalue weighted by Crippen LogP contribution is -2.43. The van der Waals surface area contributed by atoms with Crippen LogP contribution in [0.4, 0.5) is 4.79 Å². The molecule has 1 aliphatic heterocycles. The number of rotatable bonds is 6. The maximum absolute atomic E-state index is 12.0. The SMILES string of the molecule is O=C(NCc1ccn[nH]1)NC[C@H](c1ccco1)N1CCCCC1. The molecule has 124 valence electrons. The molecule has 0 bridgehead atoms. The van der Waals surface area contributed by atoms with Crippen molar-refractivity contribution in [1.82, 2.24) is 25.7 Å². The Labute approximate surface area is 135 Å². The van der Waals surface area contributed by atoms with Crippen LogP contribution in [0.25, 0.3) is 0 Å². The van der Waals surface area contributed by atoms with Crippen LogP contribution in [0.15, 0.2) is 35.1 Å². The molecule has 1 aliphatic rings. The highest BCUT2D eigenvalue weighted by Crippen LogP contribution is 2.24. The van der Waals surface area contributed by atoms with E-state index in [0.29, 0.717) is 13.1 Å². The number of likely N-dealkylation sites (tertiary alicyclic amines) is 1. The largest absolute Gasteiger partial charge is 0.468 e. The average molecular weight is 317 g/mol. The number of H-pyrrole nitrogens is 1. The van der Waals surface area contributed by atoms with Crippen LogP contribution in [0, 0.1) is 0 Å². The topological polar surface area (TPSA) is 86.2 Å². The van der Waals surface area contributed by atoms with E-state index in [1.165, 1.54) is 19.3 Å². The number of aromatic amines is 1. The Morgan fingerprint density at radius 3 is 2.87 bits per heavy atom. The molecule has 0 aromatic carbocycles. The monoisotopic (exact) mass is 317 g/mol. The van der Waals surface area contributed by atoms with Crippen LogP contribution in [0.5, 0.6) is 0 Å². The molecular formula is C16H23N5O2. The van der Waals surface area contributed by atoms with Crippen molar-refractivity contribution >= 4 is 6.03 Å². The van der Waals surface area contributed by atoms with Crippen molar-refractivity contribution in [3.8, 4) is 0 Å². The number of carbonyl (C=O) groups is 1. The summed E-state index contributed by atoms with van der Waals surface area (Å²) in [4.78, 5) is 14.4. The number of hydrogen-bond acceptors (Lipinski definition) is 4. The van der Waals surface area contributed by atoms with Gasteiger partial charge in [0, 0.05) is 12.7 Å². The molecule has 0 unspecified atom stereocenters. The fourth-order valence-corrected chi connectivity index (χ4v) is 2.93. The Balaban J connectivity index is 1.52. The Kier molecular flexibility index (Phi) is 5.31. The Bertz CT molecular complexity index is 576. The lowest BCUT2D eigenvalue weighted by Gasteiger charge is -2.33. The minimum Gasteiger partial charge on any atom is -0.468 e. The van der Waals surface area contributed by atoms with Gasteiger partial charge in [0.25, 0.3) is 0 Å². The zero-order valence-electron chi connectivity index (χ0n) is 13.1. The molecule has 7 heteroatoms. The second-order valence-electron chi connectivity index (χ2n) is 5.77. The van der Waals surface area contributed by atoms with Gasteiger partial charge in [-0.05, 0) is 44.1 Å². The first-order valence-electron chi connectivity index (χ1n) is 8.10. The van der Waals surface area contributed by atoms with E-state index in [1.807, 2.05) is 18.2 Å². The summed E-state index contributed by atoms with van der Waals surface area (Å²) in [6.07, 6.45) is 7.02. The summed E-state index contributed by atoms with van der Waals surface area (Å²) >= 11 is 0. The van der Waals surface area contributed by atoms with E-state index in [9.17, 15) is 4.79 Å². The standard InChI is InChI=1S/C16H23N5O2/c22-16(17-11-13-6-7-19-20-13)18-12-14(15-5-4-10-23-15)21-8-2-1-3-9-21/h4-7,10,14H,1-3,8-9,11-12H2,(H,19,20)(H2,17,18,22)/t14-/m1/s1. The number of amides is 2. The van der Waals surface area contributed by atoms with Gasteiger partial charge in [0.1, 0.15) is 5.76 Å². The van der Waals surface area contributed by atoms with Gasteiger partial charge in [-0.15, -0.1) is 0 Å². The third-order valence-corrected chi connectivity index (χ3v) is 4.16. The highest BCUT2D eigenvalue weighted by atomic mass is 16.3. The summed E-state index contributed by atoms with van der Waals surface area (Å²) in [5.74, 6) is 0.903. The van der Waals surface area contributed by atoms with E-state index in [-0.39, 0.29) is 12.1 Å². The Morgan fingerprint density at radius 1 is 1.30 bits per heavy atom. The summed E-state index contributed by atoms with van der Waals surface area (Å²) in [5, 5.41) is 12.4. The molecule has 0 spiro atoms. The van der Waals surface area contributed by atoms with Crippen molar-refractivity contribution < 1.29 is 9.21 Å². The number of urea groups is 1. The van der Waals surface area contributed by atoms with E-state index in [4.69, 9.17) is 4.42 Å². The molecule has 1 fully saturated rings. The van der Waals surface area contributed by atoms with Gasteiger partial charge in [0.15, 0.2) is 0 Å². The highest BCUT2D eigenvalue weighted by molar-refractivity contribution is 5.73. The van der Waals surface area contributed by atoms with Gasteiger partial charge in [-0.1, -0.05) is 6.42 Å². The lowest BCUT2D eigenvalue weighted by molar-refractivity contribution is 0.143. The van der Waals surface area contributed by atoms with Crippen LogP contribution in [-0.4, -0.2) is 40.8 Å². The first-order chi connectivity index (χ1) is 11.3. The predicted octanol–water partition coefficient (Wildman–Crippen LogP) is 2.03. The number of nitrogens with zero attached hydrogens (tertiary/aromatic N) is 2. The molecular weight excluding hydrogens is 294 g/mol. The molecule has 3 rings (SSSR count). The molecule has 7 nitrogen and oxygen atoms in total. The van der Waals surface area contributed by atoms with Crippen molar-refractivity contribution in [2.45, 2.75) is 31.8 Å². The van der Waals surface area contributed by atoms with Crippen molar-refractivity contribution in [2.75, 3.05) is 19.6 Å². The molecule has 2 aromatic rings. The molecule has 1 atom stereocenters. The third-order valence-electron chi connectivity index (χ3n) is 4.16. The quantitative estimate of drug-likeness (QED) is 0.761. The van der Waals surface area contributed by atoms with Gasteiger partial charge in [0.05, 0.1) is 24.5 Å². The smallest absolute Gasteiger partial charge is 0.315 e. The molecule has 0 radical (unpaired) electrons. The first-order valence-corrected chi connectivity index (χ1v) is 8.10. The summed E-state index contributed by atoms with van der Waals surface area (Å²) in [6, 6.07) is 5.60. The van der Waals surface area contributed by atoms with E-state index in [2.05, 4.69) is 25.7 Å². The predicted molar refractivity (Wildman–Crippen MR) is 85.7 cm³/mol. The van der Waals surface area contributed by atoms with E-state index in [0.717, 1.165) is 24.5 Å².